The van der Waals surface area contributed by atoms with Crippen LogP contribution in [0.2, 0.25) is 0 Å². The summed E-state index contributed by atoms with van der Waals surface area (Å²) in [6.45, 7) is 0. The van der Waals surface area contributed by atoms with Crippen LogP contribution < -0.4 is 0 Å². The van der Waals surface area contributed by atoms with Crippen LogP contribution in [0.3, 0.4) is 0 Å². The molecule has 278 valence electrons. The average Bonchev–Trinajstić information content (AvgIpc) is 4.12. The van der Waals surface area contributed by atoms with Crippen LogP contribution in [0.5, 0.6) is 0 Å². The van der Waals surface area contributed by atoms with Crippen molar-refractivity contribution in [3.05, 3.63) is 181 Å². The molecule has 13 aromatic rings. The third-order valence-corrected chi connectivity index (χ3v) is 11.4. The number of rotatable bonds is 4. The summed E-state index contributed by atoms with van der Waals surface area (Å²) in [5, 5.41) is 15.1. The minimum Gasteiger partial charge on any atom is -0.456 e. The molecule has 0 atom stereocenters. The van der Waals surface area contributed by atoms with Gasteiger partial charge in [0.15, 0.2) is 5.82 Å². The van der Waals surface area contributed by atoms with E-state index in [1.54, 1.807) is 12.1 Å². The highest BCUT2D eigenvalue weighted by Crippen LogP contribution is 2.43. The second-order valence-corrected chi connectivity index (χ2v) is 14.5. The fraction of sp³-hybridized carbons (Fsp3) is 0. The number of fused-ring (bicyclic) bond motifs is 13. The first-order valence-corrected chi connectivity index (χ1v) is 19.2. The van der Waals surface area contributed by atoms with Crippen molar-refractivity contribution in [1.29, 1.82) is 5.26 Å². The molecule has 8 nitrogen and oxygen atoms in total. The lowest BCUT2D eigenvalue weighted by Crippen LogP contribution is -2.11. The zero-order chi connectivity index (χ0) is 46.4. The predicted molar refractivity (Wildman–Crippen MR) is 240 cm³/mol. The van der Waals surface area contributed by atoms with E-state index in [1.807, 2.05) is 102 Å². The number of para-hydroxylation sites is 6. The maximum atomic E-state index is 9.95. The lowest BCUT2D eigenvalue weighted by molar-refractivity contribution is 0.669. The molecule has 0 bridgehead atoms. The fourth-order valence-corrected chi connectivity index (χ4v) is 8.93. The summed E-state index contributed by atoms with van der Waals surface area (Å²) in [4.78, 5) is 15.5. The Morgan fingerprint density at radius 3 is 1.83 bits per heavy atom. The molecular formula is C52H29N7O. The molecule has 0 aliphatic carbocycles. The first-order chi connectivity index (χ1) is 33.0. The van der Waals surface area contributed by atoms with Gasteiger partial charge in [-0.1, -0.05) is 103 Å². The smallest absolute Gasteiger partial charge is 0.240 e. The molecule has 0 N–H and O–H groups in total. The molecule has 0 unspecified atom stereocenters. The molecule has 0 aliphatic heterocycles. The van der Waals surface area contributed by atoms with E-state index in [9.17, 15) is 8.00 Å². The monoisotopic (exact) mass is 775 g/mol. The molecule has 0 amide bonds. The first-order valence-electron chi connectivity index (χ1n) is 23.2. The van der Waals surface area contributed by atoms with Crippen LogP contribution in [-0.4, -0.2) is 28.7 Å². The fourth-order valence-electron chi connectivity index (χ4n) is 8.93. The van der Waals surface area contributed by atoms with Gasteiger partial charge in [-0.05, 0) is 72.7 Å². The Balaban J connectivity index is 1.21. The van der Waals surface area contributed by atoms with Crippen LogP contribution in [0.1, 0.15) is 16.5 Å². The maximum absolute atomic E-state index is 9.95. The van der Waals surface area contributed by atoms with E-state index in [2.05, 4.69) is 28.8 Å². The van der Waals surface area contributed by atoms with Gasteiger partial charge in [-0.25, -0.2) is 0 Å². The topological polar surface area (TPSA) is 90.4 Å². The Kier molecular flexibility index (Phi) is 5.23. The van der Waals surface area contributed by atoms with E-state index in [0.717, 1.165) is 48.9 Å². The Morgan fingerprint density at radius 1 is 0.483 bits per heavy atom. The lowest BCUT2D eigenvalue weighted by atomic mass is 10.1. The number of furan rings is 1. The van der Waals surface area contributed by atoms with Gasteiger partial charge in [0.2, 0.25) is 11.9 Å². The highest BCUT2D eigenvalue weighted by atomic mass is 16.3. The van der Waals surface area contributed by atoms with Crippen LogP contribution >= 0.6 is 0 Å². The van der Waals surface area contributed by atoms with Crippen LogP contribution in [0.25, 0.3) is 116 Å². The SMILES string of the molecule is [2H]c1c([2H])c([2H])c2c(c1[2H])c1c([2H])c([2H])c([2H])c([2H])c1n2-c1nc(-c2ccccc2-n2c3ccccc3c3ccc4oc5ccccc5c4c32)nc(-n2c3ccccc3c3cc(C#N)ccc32)n1. The number of hydrogen-bond acceptors (Lipinski definition) is 5. The van der Waals surface area contributed by atoms with Gasteiger partial charge in [0, 0.05) is 43.3 Å². The van der Waals surface area contributed by atoms with E-state index < -0.39 is 48.3 Å². The molecule has 13 rings (SSSR count). The molecular weight excluding hydrogens is 739 g/mol. The highest BCUT2D eigenvalue weighted by molar-refractivity contribution is 6.24. The van der Waals surface area contributed by atoms with Gasteiger partial charge in [-0.2, -0.15) is 20.2 Å². The third-order valence-electron chi connectivity index (χ3n) is 11.4. The molecule has 8 aromatic carbocycles. The molecule has 5 heterocycles. The van der Waals surface area contributed by atoms with Crippen molar-refractivity contribution in [2.24, 2.45) is 0 Å². The van der Waals surface area contributed by atoms with Crippen molar-refractivity contribution in [2.45, 2.75) is 0 Å². The summed E-state index contributed by atoms with van der Waals surface area (Å²) in [6.07, 6.45) is 0. The van der Waals surface area contributed by atoms with Crippen molar-refractivity contribution < 1.29 is 15.4 Å². The first kappa shape index (κ1) is 25.7. The number of nitrogens with zero attached hydrogens (tertiary/aromatic N) is 7. The van der Waals surface area contributed by atoms with Gasteiger partial charge in [0.1, 0.15) is 11.2 Å². The number of nitriles is 1. The largest absolute Gasteiger partial charge is 0.456 e. The summed E-state index contributed by atoms with van der Waals surface area (Å²) in [5.41, 5.74) is 5.99. The summed E-state index contributed by atoms with van der Waals surface area (Å²) in [5.74, 6) is 0.0738. The summed E-state index contributed by atoms with van der Waals surface area (Å²) < 4.78 is 83.5. The minimum absolute atomic E-state index is 0.0952. The van der Waals surface area contributed by atoms with E-state index in [-0.39, 0.29) is 39.5 Å². The van der Waals surface area contributed by atoms with E-state index in [1.165, 1.54) is 4.57 Å². The lowest BCUT2D eigenvalue weighted by Gasteiger charge is -2.16. The summed E-state index contributed by atoms with van der Waals surface area (Å²) in [7, 11) is 0. The zero-order valence-electron chi connectivity index (χ0n) is 39.2. The second-order valence-electron chi connectivity index (χ2n) is 14.5. The molecule has 5 aromatic heterocycles. The average molecular weight is 776 g/mol. The Bertz CT molecular complexity index is 4390. The molecule has 0 saturated heterocycles. The van der Waals surface area contributed by atoms with E-state index in [4.69, 9.17) is 27.6 Å². The quantitative estimate of drug-likeness (QED) is 0.178. The van der Waals surface area contributed by atoms with Gasteiger partial charge in [0.05, 0.1) is 66.8 Å². The van der Waals surface area contributed by atoms with Crippen LogP contribution in [0.4, 0.5) is 0 Å². The van der Waals surface area contributed by atoms with E-state index >= 15 is 0 Å². The number of aromatic nitrogens is 6. The molecule has 8 heteroatoms. The van der Waals surface area contributed by atoms with Crippen LogP contribution in [0.15, 0.2) is 180 Å². The number of benzene rings is 8. The third kappa shape index (κ3) is 4.46. The molecule has 60 heavy (non-hydrogen) atoms. The Labute approximate surface area is 352 Å². The van der Waals surface area contributed by atoms with E-state index in [0.29, 0.717) is 33.4 Å². The van der Waals surface area contributed by atoms with Crippen molar-refractivity contribution in [3.63, 3.8) is 0 Å². The zero-order valence-corrected chi connectivity index (χ0v) is 31.2. The standard InChI is InChI=1S/C52H29N7O/c53-30-31-25-27-45-39(29-31)35-16-4-10-22-43(35)59(45)52-55-50(54-51(56-52)58-41-20-8-1-13-32(41)33-14-2-9-21-42(33)58)37-17-5-11-23-44(37)57-40-19-7-3-15-34(40)36-26-28-47-48(49(36)57)38-18-6-12-24-46(38)60-47/h1-29H/i1D,2D,8D,9D,13D,14D,20D,21D. The maximum Gasteiger partial charge on any atom is 0.240 e. The molecule has 0 fully saturated rings. The van der Waals surface area contributed by atoms with Gasteiger partial charge in [-0.15, -0.1) is 0 Å². The molecule has 0 saturated carbocycles. The van der Waals surface area contributed by atoms with Crippen LogP contribution in [-0.2, 0) is 0 Å². The normalized spacial score (nSPS) is 13.8. The van der Waals surface area contributed by atoms with Gasteiger partial charge >= 0.3 is 0 Å². The van der Waals surface area contributed by atoms with Crippen molar-refractivity contribution in [3.8, 4) is 35.0 Å². The molecule has 0 aliphatic rings. The minimum atomic E-state index is -0.568. The molecule has 0 spiro atoms. The van der Waals surface area contributed by atoms with Crippen molar-refractivity contribution in [1.82, 2.24) is 28.7 Å². The summed E-state index contributed by atoms with van der Waals surface area (Å²) in [6, 6.07) is 38.7. The second kappa shape index (κ2) is 12.2. The summed E-state index contributed by atoms with van der Waals surface area (Å²) >= 11 is 0. The van der Waals surface area contributed by atoms with Gasteiger partial charge in [-0.3, -0.25) is 9.13 Å². The predicted octanol–water partition coefficient (Wildman–Crippen LogP) is 12.6. The van der Waals surface area contributed by atoms with Crippen LogP contribution in [0, 0.1) is 11.3 Å². The Morgan fingerprint density at radius 2 is 1.08 bits per heavy atom. The highest BCUT2D eigenvalue weighted by Gasteiger charge is 2.24. The van der Waals surface area contributed by atoms with Crippen molar-refractivity contribution >= 4 is 87.4 Å². The molecule has 0 radical (unpaired) electrons. The van der Waals surface area contributed by atoms with Crippen molar-refractivity contribution in [2.75, 3.05) is 0 Å². The number of hydrogen-bond donors (Lipinski definition) is 0. The Hall–Kier alpha value is -8.54. The van der Waals surface area contributed by atoms with Gasteiger partial charge in [0.25, 0.3) is 0 Å². The van der Waals surface area contributed by atoms with Gasteiger partial charge < -0.3 is 8.98 Å².